The normalized spacial score (nSPS) is 23.1. The molecule has 176 valence electrons. The fourth-order valence-electron chi connectivity index (χ4n) is 5.42. The number of halogens is 3. The number of alkyl halides is 3. The Bertz CT molecular complexity index is 1350. The molecule has 2 fully saturated rings. The zero-order chi connectivity index (χ0) is 25.1. The van der Waals surface area contributed by atoms with Gasteiger partial charge in [-0.1, -0.05) is 30.3 Å². The number of imide groups is 1. The van der Waals surface area contributed by atoms with E-state index in [1.165, 1.54) is 29.2 Å². The molecule has 0 spiro atoms. The van der Waals surface area contributed by atoms with Crippen LogP contribution in [0.3, 0.4) is 0 Å². The van der Waals surface area contributed by atoms with Crippen molar-refractivity contribution in [3.63, 3.8) is 0 Å². The summed E-state index contributed by atoms with van der Waals surface area (Å²) in [5, 5.41) is 9.17. The van der Waals surface area contributed by atoms with E-state index in [9.17, 15) is 22.8 Å². The Morgan fingerprint density at radius 2 is 1.34 bits per heavy atom. The number of hydrogen-bond donors (Lipinski definition) is 0. The number of ether oxygens (including phenoxy) is 1. The number of rotatable bonds is 4. The molecule has 8 heteroatoms. The summed E-state index contributed by atoms with van der Waals surface area (Å²) in [5.74, 6) is -2.53. The predicted molar refractivity (Wildman–Crippen MR) is 120 cm³/mol. The Hall–Kier alpha value is -4.12. The molecule has 1 unspecified atom stereocenters. The average molecular weight is 476 g/mol. The van der Waals surface area contributed by atoms with Crippen LogP contribution >= 0.6 is 0 Å². The lowest BCUT2D eigenvalue weighted by molar-refractivity contribution is -0.274. The quantitative estimate of drug-likeness (QED) is 0.487. The number of piperidine rings is 1. The summed E-state index contributed by atoms with van der Waals surface area (Å²) < 4.78 is 41.9. The fraction of sp³-hybridized carbons (Fsp3) is 0.222. The van der Waals surface area contributed by atoms with Gasteiger partial charge in [0.1, 0.15) is 5.75 Å². The zero-order valence-corrected chi connectivity index (χ0v) is 18.8. The van der Waals surface area contributed by atoms with Gasteiger partial charge in [-0.05, 0) is 72.5 Å². The van der Waals surface area contributed by atoms with E-state index in [0.717, 1.165) is 11.1 Å². The molecule has 1 aliphatic carbocycles. The Balaban J connectivity index is 1.58. The largest absolute Gasteiger partial charge is 0.573 e. The molecule has 5 nitrogen and oxygen atoms in total. The third-order valence-electron chi connectivity index (χ3n) is 6.70. The van der Waals surface area contributed by atoms with Crippen LogP contribution in [0.25, 0.3) is 0 Å². The highest BCUT2D eigenvalue weighted by atomic mass is 19.4. The van der Waals surface area contributed by atoms with Crippen LogP contribution in [0.2, 0.25) is 0 Å². The maximum Gasteiger partial charge on any atom is 0.573 e. The summed E-state index contributed by atoms with van der Waals surface area (Å²) in [7, 11) is 0. The van der Waals surface area contributed by atoms with Crippen molar-refractivity contribution in [2.75, 3.05) is 4.90 Å². The summed E-state index contributed by atoms with van der Waals surface area (Å²) >= 11 is 0. The van der Waals surface area contributed by atoms with Crippen LogP contribution in [0.5, 0.6) is 5.75 Å². The molecule has 2 amide bonds. The lowest BCUT2D eigenvalue weighted by atomic mass is 9.82. The summed E-state index contributed by atoms with van der Waals surface area (Å²) in [5.41, 5.74) is 2.91. The maximum absolute atomic E-state index is 13.6. The van der Waals surface area contributed by atoms with Crippen LogP contribution in [-0.4, -0.2) is 18.2 Å². The SMILES string of the molecule is Cc1cc(C)cc(N2C(=O)[C@@H]3[C@H](C2=O)C3(c2ccc(C#N)cc2)c2ccc(OC(F)(F)F)cc2)c1. The van der Waals surface area contributed by atoms with E-state index >= 15 is 0 Å². The smallest absolute Gasteiger partial charge is 0.406 e. The first-order valence-electron chi connectivity index (χ1n) is 10.9. The molecular formula is C27H19F3N2O3. The van der Waals surface area contributed by atoms with Crippen LogP contribution in [0.1, 0.15) is 27.8 Å². The highest BCUT2D eigenvalue weighted by Crippen LogP contribution is 2.68. The zero-order valence-electron chi connectivity index (χ0n) is 18.8. The van der Waals surface area contributed by atoms with Crippen molar-refractivity contribution in [1.29, 1.82) is 5.26 Å². The van der Waals surface area contributed by atoms with Crippen molar-refractivity contribution >= 4 is 17.5 Å². The van der Waals surface area contributed by atoms with E-state index in [4.69, 9.17) is 5.26 Å². The average Bonchev–Trinajstić information content (AvgIpc) is 3.41. The number of nitrogens with zero attached hydrogens (tertiary/aromatic N) is 2. The standard InChI is InChI=1S/C27H19F3N2O3/c1-15-11-16(2)13-20(12-15)32-24(33)22-23(25(32)34)26(22,18-5-3-17(14-31)4-6-18)19-7-9-21(10-8-19)35-27(28,29)30/h3-13,22-23H,1-2H3/t22-,23+,26?. The van der Waals surface area contributed by atoms with Crippen molar-refractivity contribution in [3.05, 3.63) is 94.5 Å². The van der Waals surface area contributed by atoms with Crippen LogP contribution in [0, 0.1) is 37.0 Å². The van der Waals surface area contributed by atoms with Crippen LogP contribution in [0.4, 0.5) is 18.9 Å². The Morgan fingerprint density at radius 1 is 0.857 bits per heavy atom. The number of benzene rings is 3. The van der Waals surface area contributed by atoms with Gasteiger partial charge in [-0.15, -0.1) is 13.2 Å². The molecule has 0 bridgehead atoms. The first kappa shape index (κ1) is 22.7. The van der Waals surface area contributed by atoms with E-state index in [2.05, 4.69) is 4.74 Å². The predicted octanol–water partition coefficient (Wildman–Crippen LogP) is 5.18. The number of nitriles is 1. The Morgan fingerprint density at radius 3 is 1.80 bits per heavy atom. The van der Waals surface area contributed by atoms with Gasteiger partial charge in [0.05, 0.1) is 29.2 Å². The van der Waals surface area contributed by atoms with Gasteiger partial charge in [-0.3, -0.25) is 9.59 Å². The van der Waals surface area contributed by atoms with Crippen molar-refractivity contribution in [1.82, 2.24) is 0 Å². The molecule has 1 saturated carbocycles. The van der Waals surface area contributed by atoms with Gasteiger partial charge in [0.2, 0.25) is 11.8 Å². The molecule has 3 aromatic carbocycles. The third kappa shape index (κ3) is 3.55. The number of anilines is 1. The topological polar surface area (TPSA) is 70.4 Å². The minimum absolute atomic E-state index is 0.357. The van der Waals surface area contributed by atoms with Gasteiger partial charge in [0.25, 0.3) is 0 Å². The highest BCUT2D eigenvalue weighted by Gasteiger charge is 2.78. The number of carbonyl (C=O) groups excluding carboxylic acids is 2. The molecule has 0 aromatic heterocycles. The summed E-state index contributed by atoms with van der Waals surface area (Å²) in [4.78, 5) is 28.4. The van der Waals surface area contributed by atoms with E-state index in [-0.39, 0.29) is 11.8 Å². The van der Waals surface area contributed by atoms with Crippen molar-refractivity contribution < 1.29 is 27.5 Å². The Kier molecular flexibility index (Phi) is 4.99. The molecule has 2 aliphatic rings. The van der Waals surface area contributed by atoms with E-state index in [0.29, 0.717) is 22.4 Å². The lowest BCUT2D eigenvalue weighted by Crippen LogP contribution is -2.39. The van der Waals surface area contributed by atoms with Crippen LogP contribution < -0.4 is 9.64 Å². The maximum atomic E-state index is 13.6. The molecule has 0 N–H and O–H groups in total. The van der Waals surface area contributed by atoms with Gasteiger partial charge in [-0.25, -0.2) is 4.90 Å². The second-order valence-corrected chi connectivity index (χ2v) is 8.94. The van der Waals surface area contributed by atoms with Crippen molar-refractivity contribution in [2.24, 2.45) is 11.8 Å². The highest BCUT2D eigenvalue weighted by molar-refractivity contribution is 6.27. The van der Waals surface area contributed by atoms with Crippen molar-refractivity contribution in [2.45, 2.75) is 25.6 Å². The van der Waals surface area contributed by atoms with E-state index < -0.39 is 29.4 Å². The fourth-order valence-corrected chi connectivity index (χ4v) is 5.42. The summed E-state index contributed by atoms with van der Waals surface area (Å²) in [6.07, 6.45) is -4.83. The van der Waals surface area contributed by atoms with E-state index in [1.807, 2.05) is 26.0 Å². The monoisotopic (exact) mass is 476 g/mol. The summed E-state index contributed by atoms with van der Waals surface area (Å²) in [6, 6.07) is 19.4. The molecule has 1 saturated heterocycles. The molecule has 0 radical (unpaired) electrons. The molecule has 3 atom stereocenters. The van der Waals surface area contributed by atoms with Gasteiger partial charge in [0.15, 0.2) is 0 Å². The number of carbonyl (C=O) groups is 2. The second-order valence-electron chi connectivity index (χ2n) is 8.94. The van der Waals surface area contributed by atoms with Crippen molar-refractivity contribution in [3.8, 4) is 11.8 Å². The van der Waals surface area contributed by atoms with Gasteiger partial charge < -0.3 is 4.74 Å². The third-order valence-corrected chi connectivity index (χ3v) is 6.70. The second kappa shape index (κ2) is 7.70. The number of hydrogen-bond acceptors (Lipinski definition) is 4. The van der Waals surface area contributed by atoms with Crippen LogP contribution in [-0.2, 0) is 15.0 Å². The number of amides is 2. The molecule has 1 aliphatic heterocycles. The van der Waals surface area contributed by atoms with Gasteiger partial charge in [0, 0.05) is 5.41 Å². The minimum atomic E-state index is -4.83. The lowest BCUT2D eigenvalue weighted by Gasteiger charge is -2.27. The molecule has 35 heavy (non-hydrogen) atoms. The number of fused-ring (bicyclic) bond motifs is 1. The van der Waals surface area contributed by atoms with Crippen LogP contribution in [0.15, 0.2) is 66.7 Å². The molecular weight excluding hydrogens is 457 g/mol. The minimum Gasteiger partial charge on any atom is -0.406 e. The first-order valence-corrected chi connectivity index (χ1v) is 10.9. The first-order chi connectivity index (χ1) is 16.6. The van der Waals surface area contributed by atoms with Gasteiger partial charge >= 0.3 is 6.36 Å². The Labute approximate surface area is 199 Å². The molecule has 3 aromatic rings. The molecule has 5 rings (SSSR count). The molecule has 1 heterocycles. The number of aryl methyl sites for hydroxylation is 2. The van der Waals surface area contributed by atoms with Gasteiger partial charge in [-0.2, -0.15) is 5.26 Å². The van der Waals surface area contributed by atoms with E-state index in [1.54, 1.807) is 36.4 Å². The summed E-state index contributed by atoms with van der Waals surface area (Å²) in [6.45, 7) is 3.77.